The molecule has 1 saturated carbocycles. The summed E-state index contributed by atoms with van der Waals surface area (Å²) < 4.78 is 2.01. The van der Waals surface area contributed by atoms with E-state index in [-0.39, 0.29) is 5.92 Å². The maximum atomic E-state index is 12.8. The third kappa shape index (κ3) is 4.52. The van der Waals surface area contributed by atoms with E-state index < -0.39 is 0 Å². The molecule has 1 aliphatic heterocycles. The van der Waals surface area contributed by atoms with Crippen LogP contribution in [-0.4, -0.2) is 57.6 Å². The van der Waals surface area contributed by atoms with Crippen LogP contribution in [0.25, 0.3) is 16.2 Å². The Labute approximate surface area is 206 Å². The Bertz CT molecular complexity index is 1120. The minimum atomic E-state index is 0.152. The van der Waals surface area contributed by atoms with Crippen molar-refractivity contribution in [3.8, 4) is 11.3 Å². The van der Waals surface area contributed by atoms with E-state index >= 15 is 0 Å². The van der Waals surface area contributed by atoms with Crippen LogP contribution in [0, 0.1) is 12.8 Å². The van der Waals surface area contributed by atoms with Crippen molar-refractivity contribution in [3.63, 3.8) is 0 Å². The predicted octanol–water partition coefficient (Wildman–Crippen LogP) is 5.21. The number of nitrogens with zero attached hydrogens (tertiary/aromatic N) is 5. The highest BCUT2D eigenvalue weighted by molar-refractivity contribution is 7.20. The smallest absolute Gasteiger partial charge is 0.225 e. The molecule has 2 aliphatic rings. The number of piperazine rings is 1. The number of benzene rings is 1. The number of hydrogen-bond donors (Lipinski definition) is 1. The van der Waals surface area contributed by atoms with Gasteiger partial charge < -0.3 is 15.1 Å². The van der Waals surface area contributed by atoms with Crippen LogP contribution in [0.15, 0.2) is 24.3 Å². The van der Waals surface area contributed by atoms with Crippen LogP contribution >= 0.6 is 11.3 Å². The minimum Gasteiger partial charge on any atom is -0.365 e. The number of hydrogen-bond acceptors (Lipinski definition) is 6. The molecule has 1 amide bonds. The molecule has 2 fully saturated rings. The second kappa shape index (κ2) is 9.94. The van der Waals surface area contributed by atoms with Gasteiger partial charge in [-0.2, -0.15) is 4.52 Å². The Morgan fingerprint density at radius 2 is 1.76 bits per heavy atom. The summed E-state index contributed by atoms with van der Waals surface area (Å²) in [6, 6.07) is 9.07. The monoisotopic (exact) mass is 480 g/mol. The van der Waals surface area contributed by atoms with Crippen molar-refractivity contribution in [3.05, 3.63) is 29.8 Å². The van der Waals surface area contributed by atoms with Crippen molar-refractivity contribution in [2.75, 3.05) is 36.4 Å². The van der Waals surface area contributed by atoms with E-state index in [2.05, 4.69) is 55.3 Å². The fourth-order valence-corrected chi connectivity index (χ4v) is 6.14. The van der Waals surface area contributed by atoms with Crippen LogP contribution in [-0.2, 0) is 4.79 Å². The number of nitrogens with one attached hydrogen (secondary N) is 1. The van der Waals surface area contributed by atoms with Gasteiger partial charge in [-0.15, -0.1) is 5.10 Å². The lowest BCUT2D eigenvalue weighted by Crippen LogP contribution is -2.50. The molecular formula is C26H36N6OS. The number of aryl methyl sites for hydroxylation is 1. The maximum Gasteiger partial charge on any atom is 0.225 e. The average molecular weight is 481 g/mol. The van der Waals surface area contributed by atoms with E-state index in [1.54, 1.807) is 11.3 Å². The van der Waals surface area contributed by atoms with Crippen LogP contribution in [0.5, 0.6) is 0 Å². The predicted molar refractivity (Wildman–Crippen MR) is 140 cm³/mol. The van der Waals surface area contributed by atoms with E-state index in [0.29, 0.717) is 11.9 Å². The van der Waals surface area contributed by atoms with E-state index in [0.717, 1.165) is 66.2 Å². The molecule has 182 valence electrons. The van der Waals surface area contributed by atoms with Gasteiger partial charge in [0.25, 0.3) is 0 Å². The summed E-state index contributed by atoms with van der Waals surface area (Å²) in [5, 5.41) is 9.78. The van der Waals surface area contributed by atoms with Gasteiger partial charge in [0, 0.05) is 43.7 Å². The molecule has 0 radical (unpaired) electrons. The number of imidazole rings is 1. The van der Waals surface area contributed by atoms with E-state index in [1.807, 2.05) is 9.42 Å². The first-order valence-corrected chi connectivity index (χ1v) is 13.7. The van der Waals surface area contributed by atoms with Gasteiger partial charge in [-0.3, -0.25) is 4.79 Å². The number of carbonyl (C=O) groups is 1. The number of fused-ring (bicyclic) bond motifs is 1. The zero-order valence-corrected chi connectivity index (χ0v) is 21.4. The molecule has 1 aliphatic carbocycles. The minimum absolute atomic E-state index is 0.152. The molecule has 8 heteroatoms. The van der Waals surface area contributed by atoms with Gasteiger partial charge >= 0.3 is 0 Å². The zero-order chi connectivity index (χ0) is 23.7. The highest BCUT2D eigenvalue weighted by Gasteiger charge is 2.28. The topological polar surface area (TPSA) is 65.8 Å². The third-order valence-corrected chi connectivity index (χ3v) is 8.38. The molecule has 1 N–H and O–H groups in total. The summed E-state index contributed by atoms with van der Waals surface area (Å²) in [5.41, 5.74) is 3.36. The highest BCUT2D eigenvalue weighted by atomic mass is 32.1. The molecule has 7 nitrogen and oxygen atoms in total. The summed E-state index contributed by atoms with van der Waals surface area (Å²) in [4.78, 5) is 23.1. The number of aromatic nitrogens is 3. The Morgan fingerprint density at radius 1 is 1.09 bits per heavy atom. The number of carbonyl (C=O) groups excluding carboxylic acids is 1. The second-order valence-electron chi connectivity index (χ2n) is 9.71. The first kappa shape index (κ1) is 23.1. The molecule has 1 aromatic carbocycles. The first-order chi connectivity index (χ1) is 16.6. The van der Waals surface area contributed by atoms with Crippen molar-refractivity contribution in [2.45, 2.75) is 65.3 Å². The van der Waals surface area contributed by atoms with Crippen molar-refractivity contribution >= 4 is 33.2 Å². The normalized spacial score (nSPS) is 17.3. The summed E-state index contributed by atoms with van der Waals surface area (Å²) in [7, 11) is 0. The lowest BCUT2D eigenvalue weighted by molar-refractivity contribution is -0.136. The molecular weight excluding hydrogens is 444 g/mol. The number of anilines is 2. The Kier molecular flexibility index (Phi) is 6.77. The first-order valence-electron chi connectivity index (χ1n) is 12.8. The van der Waals surface area contributed by atoms with Gasteiger partial charge in [-0.05, 0) is 32.6 Å². The molecule has 1 saturated heterocycles. The molecule has 3 aromatic rings. The third-order valence-electron chi connectivity index (χ3n) is 7.41. The summed E-state index contributed by atoms with van der Waals surface area (Å²) in [5.74, 6) is 1.47. The largest absolute Gasteiger partial charge is 0.365 e. The second-order valence-corrected chi connectivity index (χ2v) is 10.6. The fraction of sp³-hybridized carbons (Fsp3) is 0.577. The van der Waals surface area contributed by atoms with E-state index in [4.69, 9.17) is 10.1 Å². The standard InChI is InChI=1S/C26H36N6OS/c1-4-19(5-2)24(33)30-14-16-31(17-15-30)26-29-32-23(27-21-8-6-7-9-21)22(28-25(32)34-26)20-12-10-18(3)11-13-20/h10-13,19,21,27H,4-9,14-17H2,1-3H3. The van der Waals surface area contributed by atoms with Crippen molar-refractivity contribution in [1.29, 1.82) is 0 Å². The van der Waals surface area contributed by atoms with Crippen molar-refractivity contribution in [1.82, 2.24) is 19.5 Å². The van der Waals surface area contributed by atoms with Gasteiger partial charge in [-0.25, -0.2) is 4.98 Å². The van der Waals surface area contributed by atoms with E-state index in [9.17, 15) is 4.79 Å². The lowest BCUT2D eigenvalue weighted by Gasteiger charge is -2.36. The van der Waals surface area contributed by atoms with E-state index in [1.165, 1.54) is 31.2 Å². The molecule has 0 atom stereocenters. The Morgan fingerprint density at radius 3 is 2.41 bits per heavy atom. The molecule has 2 aromatic heterocycles. The zero-order valence-electron chi connectivity index (χ0n) is 20.6. The van der Waals surface area contributed by atoms with Gasteiger partial charge in [-0.1, -0.05) is 67.9 Å². The summed E-state index contributed by atoms with van der Waals surface area (Å²) in [6.45, 7) is 9.49. The van der Waals surface area contributed by atoms with Crippen LogP contribution < -0.4 is 10.2 Å². The van der Waals surface area contributed by atoms with Crippen LogP contribution in [0.2, 0.25) is 0 Å². The van der Waals surface area contributed by atoms with Gasteiger partial charge in [0.2, 0.25) is 16.0 Å². The quantitative estimate of drug-likeness (QED) is 0.503. The molecule has 34 heavy (non-hydrogen) atoms. The van der Waals surface area contributed by atoms with Crippen LogP contribution in [0.3, 0.4) is 0 Å². The van der Waals surface area contributed by atoms with Gasteiger partial charge in [0.15, 0.2) is 5.82 Å². The van der Waals surface area contributed by atoms with Gasteiger partial charge in [0.05, 0.1) is 0 Å². The molecule has 3 heterocycles. The molecule has 0 spiro atoms. The van der Waals surface area contributed by atoms with Crippen LogP contribution in [0.4, 0.5) is 10.9 Å². The Hall–Kier alpha value is -2.61. The van der Waals surface area contributed by atoms with Crippen molar-refractivity contribution in [2.24, 2.45) is 5.92 Å². The number of amides is 1. The summed E-state index contributed by atoms with van der Waals surface area (Å²) >= 11 is 1.64. The fourth-order valence-electron chi connectivity index (χ4n) is 5.19. The highest BCUT2D eigenvalue weighted by Crippen LogP contribution is 2.35. The van der Waals surface area contributed by atoms with Gasteiger partial charge in [0.1, 0.15) is 5.69 Å². The molecule has 5 rings (SSSR count). The molecule has 0 unspecified atom stereocenters. The van der Waals surface area contributed by atoms with Crippen LogP contribution in [0.1, 0.15) is 57.9 Å². The Balaban J connectivity index is 1.38. The number of rotatable bonds is 7. The SMILES string of the molecule is CCC(CC)C(=O)N1CCN(c2nn3c(NC4CCCC4)c(-c4ccc(C)cc4)nc3s2)CC1. The lowest BCUT2D eigenvalue weighted by atomic mass is 10.0. The maximum absolute atomic E-state index is 12.8. The molecule has 0 bridgehead atoms. The van der Waals surface area contributed by atoms with Crippen molar-refractivity contribution < 1.29 is 4.79 Å². The summed E-state index contributed by atoms with van der Waals surface area (Å²) in [6.07, 6.45) is 6.79. The average Bonchev–Trinajstić information content (AvgIpc) is 3.59.